The van der Waals surface area contributed by atoms with Crippen LogP contribution in [0.2, 0.25) is 0 Å². The van der Waals surface area contributed by atoms with E-state index in [4.69, 9.17) is 0 Å². The number of hydrogen-bond donors (Lipinski definition) is 1. The molecule has 19 heavy (non-hydrogen) atoms. The summed E-state index contributed by atoms with van der Waals surface area (Å²) in [7, 11) is 2.07. The van der Waals surface area contributed by atoms with Gasteiger partial charge in [0.05, 0.1) is 15.9 Å². The molecule has 1 aliphatic heterocycles. The summed E-state index contributed by atoms with van der Waals surface area (Å²) < 4.78 is 3.28. The molecule has 1 aromatic rings. The molecule has 1 aliphatic rings. The fraction of sp³-hybridized carbons (Fsp3) is 0.800. The van der Waals surface area contributed by atoms with E-state index < -0.39 is 0 Å². The predicted molar refractivity (Wildman–Crippen MR) is 83.5 cm³/mol. The monoisotopic (exact) mass is 327 g/mol. The van der Waals surface area contributed by atoms with Crippen molar-refractivity contribution < 1.29 is 0 Å². The predicted octanol–water partition coefficient (Wildman–Crippen LogP) is 3.60. The molecule has 108 valence electrons. The molecule has 3 nitrogen and oxygen atoms in total. The van der Waals surface area contributed by atoms with E-state index in [-0.39, 0.29) is 5.54 Å². The van der Waals surface area contributed by atoms with Crippen molar-refractivity contribution in [1.29, 1.82) is 0 Å². The van der Waals surface area contributed by atoms with E-state index >= 15 is 0 Å². The largest absolute Gasteiger partial charge is 0.311 e. The van der Waals surface area contributed by atoms with Crippen molar-refractivity contribution >= 4 is 15.9 Å². The molecule has 0 aliphatic carbocycles. The van der Waals surface area contributed by atoms with Crippen LogP contribution < -0.4 is 5.32 Å². The van der Waals surface area contributed by atoms with E-state index in [1.54, 1.807) is 0 Å². The molecule has 2 rings (SSSR count). The third kappa shape index (κ3) is 3.22. The highest BCUT2D eigenvalue weighted by molar-refractivity contribution is 9.10. The van der Waals surface area contributed by atoms with Gasteiger partial charge in [-0.05, 0) is 48.2 Å². The molecule has 1 unspecified atom stereocenters. The van der Waals surface area contributed by atoms with Gasteiger partial charge in [-0.15, -0.1) is 0 Å². The Morgan fingerprint density at radius 3 is 2.74 bits per heavy atom. The molecular weight excluding hydrogens is 302 g/mol. The van der Waals surface area contributed by atoms with Gasteiger partial charge in [-0.3, -0.25) is 4.68 Å². The lowest BCUT2D eigenvalue weighted by molar-refractivity contribution is 0.296. The van der Waals surface area contributed by atoms with Crippen LogP contribution >= 0.6 is 15.9 Å². The molecule has 0 aromatic carbocycles. The molecule has 4 heteroatoms. The highest BCUT2D eigenvalue weighted by Crippen LogP contribution is 2.31. The van der Waals surface area contributed by atoms with E-state index in [0.29, 0.717) is 0 Å². The molecular formula is C15H26BrN3. The summed E-state index contributed by atoms with van der Waals surface area (Å²) in [5.74, 6) is 0. The second-order valence-corrected chi connectivity index (χ2v) is 6.53. The maximum Gasteiger partial charge on any atom is 0.0766 e. The van der Waals surface area contributed by atoms with Gasteiger partial charge in [-0.25, -0.2) is 0 Å². The number of hydrogen-bond acceptors (Lipinski definition) is 2. The quantitative estimate of drug-likeness (QED) is 0.915. The first-order valence-corrected chi connectivity index (χ1v) is 8.36. The zero-order chi connectivity index (χ0) is 13.9. The Labute approximate surface area is 125 Å². The van der Waals surface area contributed by atoms with Gasteiger partial charge in [0.1, 0.15) is 0 Å². The van der Waals surface area contributed by atoms with E-state index in [2.05, 4.69) is 51.9 Å². The van der Waals surface area contributed by atoms with Crippen LogP contribution in [0.1, 0.15) is 57.3 Å². The summed E-state index contributed by atoms with van der Waals surface area (Å²) in [5.41, 5.74) is 2.78. The average molecular weight is 328 g/mol. The lowest BCUT2D eigenvalue weighted by Gasteiger charge is -2.33. The van der Waals surface area contributed by atoms with Crippen molar-refractivity contribution in [2.45, 2.75) is 64.3 Å². The lowest BCUT2D eigenvalue weighted by Crippen LogP contribution is -2.46. The van der Waals surface area contributed by atoms with E-state index in [1.807, 2.05) is 0 Å². The second kappa shape index (κ2) is 6.40. The minimum absolute atomic E-state index is 0.262. The fourth-order valence-electron chi connectivity index (χ4n) is 3.12. The average Bonchev–Trinajstić information content (AvgIpc) is 2.62. The SMILES string of the molecule is CCc1nn(C)c(CC2(CC)CCCCCN2)c1Br. The molecule has 0 spiro atoms. The molecule has 0 amide bonds. The van der Waals surface area contributed by atoms with Crippen molar-refractivity contribution in [3.8, 4) is 0 Å². The van der Waals surface area contributed by atoms with Crippen LogP contribution in [0.3, 0.4) is 0 Å². The Morgan fingerprint density at radius 2 is 2.11 bits per heavy atom. The molecule has 1 atom stereocenters. The van der Waals surface area contributed by atoms with Crippen LogP contribution in [0.15, 0.2) is 4.47 Å². The van der Waals surface area contributed by atoms with Crippen LogP contribution in [0, 0.1) is 0 Å². The Kier molecular flexibility index (Phi) is 5.07. The minimum Gasteiger partial charge on any atom is -0.311 e. The Hall–Kier alpha value is -0.350. The second-order valence-electron chi connectivity index (χ2n) is 5.73. The molecule has 2 heterocycles. The van der Waals surface area contributed by atoms with Crippen LogP contribution in [0.5, 0.6) is 0 Å². The summed E-state index contributed by atoms with van der Waals surface area (Å²) in [6, 6.07) is 0. The Morgan fingerprint density at radius 1 is 1.32 bits per heavy atom. The molecule has 0 radical (unpaired) electrons. The summed E-state index contributed by atoms with van der Waals surface area (Å²) in [4.78, 5) is 0. The van der Waals surface area contributed by atoms with Crippen molar-refractivity contribution in [3.05, 3.63) is 15.9 Å². The lowest BCUT2D eigenvalue weighted by atomic mass is 9.86. The minimum atomic E-state index is 0.262. The van der Waals surface area contributed by atoms with Crippen LogP contribution in [0.25, 0.3) is 0 Å². The summed E-state index contributed by atoms with van der Waals surface area (Å²) in [5, 5.41) is 8.44. The van der Waals surface area contributed by atoms with Gasteiger partial charge < -0.3 is 5.32 Å². The van der Waals surface area contributed by atoms with Crippen LogP contribution in [0.4, 0.5) is 0 Å². The topological polar surface area (TPSA) is 29.9 Å². The van der Waals surface area contributed by atoms with Gasteiger partial charge in [-0.1, -0.05) is 26.7 Å². The summed E-state index contributed by atoms with van der Waals surface area (Å²) in [6.45, 7) is 5.63. The molecule has 0 saturated carbocycles. The Bertz CT molecular complexity index is 417. The highest BCUT2D eigenvalue weighted by atomic mass is 79.9. The standard InChI is InChI=1S/C15H26BrN3/c1-4-12-14(16)13(19(3)18-12)11-15(5-2)9-7-6-8-10-17-15/h17H,4-11H2,1-3H3. The van der Waals surface area contributed by atoms with Crippen molar-refractivity contribution in [1.82, 2.24) is 15.1 Å². The van der Waals surface area contributed by atoms with Gasteiger partial charge in [0.2, 0.25) is 0 Å². The smallest absolute Gasteiger partial charge is 0.0766 e. The van der Waals surface area contributed by atoms with Crippen LogP contribution in [-0.2, 0) is 19.9 Å². The third-order valence-electron chi connectivity index (χ3n) is 4.52. The third-order valence-corrected chi connectivity index (χ3v) is 5.43. The van der Waals surface area contributed by atoms with Crippen molar-refractivity contribution in [2.75, 3.05) is 6.54 Å². The number of aryl methyl sites for hydroxylation is 2. The zero-order valence-corrected chi connectivity index (χ0v) is 14.0. The van der Waals surface area contributed by atoms with Crippen LogP contribution in [-0.4, -0.2) is 21.9 Å². The normalized spacial score (nSPS) is 24.4. The molecule has 1 aromatic heterocycles. The van der Waals surface area contributed by atoms with E-state index in [0.717, 1.165) is 19.4 Å². The first-order valence-electron chi connectivity index (χ1n) is 7.57. The molecule has 1 fully saturated rings. The van der Waals surface area contributed by atoms with Crippen molar-refractivity contribution in [2.24, 2.45) is 7.05 Å². The first-order chi connectivity index (χ1) is 9.12. The van der Waals surface area contributed by atoms with E-state index in [1.165, 1.54) is 48.0 Å². The molecule has 1 N–H and O–H groups in total. The van der Waals surface area contributed by atoms with Gasteiger partial charge >= 0.3 is 0 Å². The summed E-state index contributed by atoms with van der Waals surface area (Å²) in [6.07, 6.45) is 8.55. The summed E-state index contributed by atoms with van der Waals surface area (Å²) >= 11 is 3.75. The van der Waals surface area contributed by atoms with Gasteiger partial charge in [0.25, 0.3) is 0 Å². The Balaban J connectivity index is 2.24. The van der Waals surface area contributed by atoms with Gasteiger partial charge in [-0.2, -0.15) is 5.10 Å². The molecule has 1 saturated heterocycles. The van der Waals surface area contributed by atoms with Gasteiger partial charge in [0.15, 0.2) is 0 Å². The van der Waals surface area contributed by atoms with Gasteiger partial charge in [0, 0.05) is 19.0 Å². The number of nitrogens with zero attached hydrogens (tertiary/aromatic N) is 2. The number of halogens is 1. The number of nitrogens with one attached hydrogen (secondary N) is 1. The maximum absolute atomic E-state index is 4.63. The molecule has 0 bridgehead atoms. The first kappa shape index (κ1) is 15.0. The zero-order valence-electron chi connectivity index (χ0n) is 12.4. The number of aromatic nitrogens is 2. The van der Waals surface area contributed by atoms with Crippen molar-refractivity contribution in [3.63, 3.8) is 0 Å². The highest BCUT2D eigenvalue weighted by Gasteiger charge is 2.31. The maximum atomic E-state index is 4.63. The van der Waals surface area contributed by atoms with E-state index in [9.17, 15) is 0 Å². The fourth-order valence-corrected chi connectivity index (χ4v) is 3.87. The number of rotatable bonds is 4.